The number of nitrogens with one attached hydrogen (secondary N) is 1. The molecule has 7 heteroatoms. The number of carbonyl (C=O) groups excluding carboxylic acids is 1. The maximum absolute atomic E-state index is 12.6. The second-order valence-corrected chi connectivity index (χ2v) is 8.76. The molecular formula is C24H37N5O2. The molecule has 3 heterocycles. The zero-order valence-electron chi connectivity index (χ0n) is 18.8. The van der Waals surface area contributed by atoms with E-state index in [0.29, 0.717) is 6.04 Å². The Morgan fingerprint density at radius 1 is 1.06 bits per heavy atom. The summed E-state index contributed by atoms with van der Waals surface area (Å²) in [4.78, 5) is 24.5. The van der Waals surface area contributed by atoms with Gasteiger partial charge in [-0.1, -0.05) is 30.3 Å². The lowest BCUT2D eigenvalue weighted by atomic mass is 10.2. The van der Waals surface area contributed by atoms with E-state index in [1.54, 1.807) is 0 Å². The summed E-state index contributed by atoms with van der Waals surface area (Å²) < 4.78 is 5.58. The number of hydrogen-bond donors (Lipinski definition) is 1. The molecule has 0 radical (unpaired) electrons. The lowest BCUT2D eigenvalue weighted by Crippen LogP contribution is -2.55. The van der Waals surface area contributed by atoms with Gasteiger partial charge in [-0.25, -0.2) is 0 Å². The summed E-state index contributed by atoms with van der Waals surface area (Å²) in [5.74, 6) is 1.15. The van der Waals surface area contributed by atoms with Gasteiger partial charge < -0.3 is 19.9 Å². The zero-order chi connectivity index (χ0) is 21.5. The summed E-state index contributed by atoms with van der Waals surface area (Å²) in [5.41, 5.74) is 1.37. The van der Waals surface area contributed by atoms with Crippen LogP contribution in [0.2, 0.25) is 0 Å². The fraction of sp³-hybridized carbons (Fsp3) is 0.667. The monoisotopic (exact) mass is 427 g/mol. The maximum Gasteiger partial charge on any atom is 0.251 e. The van der Waals surface area contributed by atoms with Gasteiger partial charge in [-0.05, 0) is 44.7 Å². The number of piperazine rings is 1. The third-order valence-electron chi connectivity index (χ3n) is 6.61. The zero-order valence-corrected chi connectivity index (χ0v) is 18.8. The van der Waals surface area contributed by atoms with E-state index >= 15 is 0 Å². The quantitative estimate of drug-likeness (QED) is 0.555. The molecule has 7 nitrogen and oxygen atoms in total. The van der Waals surface area contributed by atoms with E-state index in [1.807, 2.05) is 4.90 Å². The molecule has 1 aromatic carbocycles. The molecule has 3 saturated heterocycles. The fourth-order valence-corrected chi connectivity index (χ4v) is 4.86. The summed E-state index contributed by atoms with van der Waals surface area (Å²) in [6.45, 7) is 9.79. The van der Waals surface area contributed by atoms with Gasteiger partial charge in [-0.2, -0.15) is 0 Å². The Kier molecular flexibility index (Phi) is 7.81. The van der Waals surface area contributed by atoms with Crippen LogP contribution in [-0.2, 0) is 16.1 Å². The molecule has 3 aliphatic heterocycles. The van der Waals surface area contributed by atoms with Crippen LogP contribution in [0.15, 0.2) is 35.3 Å². The van der Waals surface area contributed by atoms with Crippen molar-refractivity contribution in [2.45, 2.75) is 51.3 Å². The number of aliphatic imine (C=N–C) groups is 1. The van der Waals surface area contributed by atoms with E-state index in [0.717, 1.165) is 77.8 Å². The summed E-state index contributed by atoms with van der Waals surface area (Å²) in [5, 5.41) is 3.47. The lowest BCUT2D eigenvalue weighted by Gasteiger charge is -2.37. The van der Waals surface area contributed by atoms with Gasteiger partial charge in [-0.15, -0.1) is 0 Å². The SMILES string of the molecule is CCNC(=NCC1CCCN1Cc1ccccc1)N1CCN(C(=O)C2CCCO2)CC1. The van der Waals surface area contributed by atoms with Gasteiger partial charge >= 0.3 is 0 Å². The molecule has 2 unspecified atom stereocenters. The van der Waals surface area contributed by atoms with Crippen LogP contribution in [0.4, 0.5) is 0 Å². The van der Waals surface area contributed by atoms with Crippen molar-refractivity contribution in [2.24, 2.45) is 4.99 Å². The molecule has 1 aromatic rings. The van der Waals surface area contributed by atoms with Crippen LogP contribution in [0.25, 0.3) is 0 Å². The summed E-state index contributed by atoms with van der Waals surface area (Å²) in [7, 11) is 0. The molecule has 3 fully saturated rings. The predicted molar refractivity (Wildman–Crippen MR) is 123 cm³/mol. The Labute approximate surface area is 186 Å². The number of hydrogen-bond acceptors (Lipinski definition) is 4. The molecule has 31 heavy (non-hydrogen) atoms. The van der Waals surface area contributed by atoms with Crippen molar-refractivity contribution in [1.29, 1.82) is 0 Å². The number of nitrogens with zero attached hydrogens (tertiary/aromatic N) is 4. The van der Waals surface area contributed by atoms with Gasteiger partial charge in [0.25, 0.3) is 5.91 Å². The first-order valence-electron chi connectivity index (χ1n) is 12.0. The second kappa shape index (κ2) is 11.0. The van der Waals surface area contributed by atoms with Gasteiger partial charge in [0.15, 0.2) is 5.96 Å². The summed E-state index contributed by atoms with van der Waals surface area (Å²) >= 11 is 0. The van der Waals surface area contributed by atoms with E-state index < -0.39 is 0 Å². The molecule has 3 aliphatic rings. The highest BCUT2D eigenvalue weighted by Gasteiger charge is 2.31. The summed E-state index contributed by atoms with van der Waals surface area (Å²) in [6, 6.07) is 11.2. The van der Waals surface area contributed by atoms with Crippen molar-refractivity contribution in [3.63, 3.8) is 0 Å². The lowest BCUT2D eigenvalue weighted by molar-refractivity contribution is -0.142. The number of benzene rings is 1. The van der Waals surface area contributed by atoms with Gasteiger partial charge in [0, 0.05) is 51.9 Å². The Bertz CT molecular complexity index is 727. The number of likely N-dealkylation sites (tertiary alicyclic amines) is 1. The van der Waals surface area contributed by atoms with Crippen molar-refractivity contribution in [3.05, 3.63) is 35.9 Å². The van der Waals surface area contributed by atoms with Crippen molar-refractivity contribution < 1.29 is 9.53 Å². The topological polar surface area (TPSA) is 60.4 Å². The maximum atomic E-state index is 12.6. The second-order valence-electron chi connectivity index (χ2n) is 8.76. The van der Waals surface area contributed by atoms with E-state index in [2.05, 4.69) is 52.4 Å². The number of guanidine groups is 1. The van der Waals surface area contributed by atoms with Crippen LogP contribution in [-0.4, -0.2) is 91.1 Å². The highest BCUT2D eigenvalue weighted by atomic mass is 16.5. The minimum Gasteiger partial charge on any atom is -0.368 e. The van der Waals surface area contributed by atoms with Gasteiger partial charge in [-0.3, -0.25) is 14.7 Å². The number of rotatable bonds is 6. The van der Waals surface area contributed by atoms with Crippen LogP contribution in [0.3, 0.4) is 0 Å². The Morgan fingerprint density at radius 2 is 1.84 bits per heavy atom. The molecule has 0 aliphatic carbocycles. The minimum atomic E-state index is -0.216. The smallest absolute Gasteiger partial charge is 0.251 e. The average Bonchev–Trinajstić information content (AvgIpc) is 3.50. The first-order valence-corrected chi connectivity index (χ1v) is 12.0. The highest BCUT2D eigenvalue weighted by Crippen LogP contribution is 2.21. The Hall–Kier alpha value is -2.12. The number of amides is 1. The van der Waals surface area contributed by atoms with E-state index in [4.69, 9.17) is 9.73 Å². The molecule has 1 amide bonds. The summed E-state index contributed by atoms with van der Waals surface area (Å²) in [6.07, 6.45) is 4.10. The Morgan fingerprint density at radius 3 is 2.55 bits per heavy atom. The van der Waals surface area contributed by atoms with Gasteiger partial charge in [0.05, 0.1) is 6.54 Å². The molecule has 0 spiro atoms. The van der Waals surface area contributed by atoms with Crippen LogP contribution in [0, 0.1) is 0 Å². The van der Waals surface area contributed by atoms with E-state index in [1.165, 1.54) is 18.4 Å². The van der Waals surface area contributed by atoms with E-state index in [-0.39, 0.29) is 12.0 Å². The molecular weight excluding hydrogens is 390 g/mol. The Balaban J connectivity index is 1.31. The van der Waals surface area contributed by atoms with Gasteiger partial charge in [0.2, 0.25) is 0 Å². The first-order chi connectivity index (χ1) is 15.2. The third kappa shape index (κ3) is 5.77. The van der Waals surface area contributed by atoms with Gasteiger partial charge in [0.1, 0.15) is 6.10 Å². The van der Waals surface area contributed by atoms with Crippen LogP contribution in [0.5, 0.6) is 0 Å². The molecule has 170 valence electrons. The third-order valence-corrected chi connectivity index (χ3v) is 6.61. The van der Waals surface area contributed by atoms with Crippen molar-refractivity contribution >= 4 is 11.9 Å². The minimum absolute atomic E-state index is 0.168. The largest absolute Gasteiger partial charge is 0.368 e. The normalized spacial score (nSPS) is 25.3. The molecule has 0 bridgehead atoms. The van der Waals surface area contributed by atoms with Crippen LogP contribution < -0.4 is 5.32 Å². The van der Waals surface area contributed by atoms with Crippen molar-refractivity contribution in [3.8, 4) is 0 Å². The molecule has 0 aromatic heterocycles. The predicted octanol–water partition coefficient (Wildman–Crippen LogP) is 1.94. The number of ether oxygens (including phenoxy) is 1. The van der Waals surface area contributed by atoms with Crippen LogP contribution >= 0.6 is 0 Å². The van der Waals surface area contributed by atoms with Crippen LogP contribution in [0.1, 0.15) is 38.2 Å². The van der Waals surface area contributed by atoms with Crippen molar-refractivity contribution in [1.82, 2.24) is 20.0 Å². The first kappa shape index (κ1) is 22.1. The molecule has 0 saturated carbocycles. The van der Waals surface area contributed by atoms with E-state index in [9.17, 15) is 4.79 Å². The number of carbonyl (C=O) groups is 1. The highest BCUT2D eigenvalue weighted by molar-refractivity contribution is 5.82. The molecule has 2 atom stereocenters. The fourth-order valence-electron chi connectivity index (χ4n) is 4.86. The van der Waals surface area contributed by atoms with Crippen molar-refractivity contribution in [2.75, 3.05) is 52.4 Å². The average molecular weight is 428 g/mol. The molecule has 4 rings (SSSR count). The molecule has 1 N–H and O–H groups in total. The standard InChI is InChI=1S/C24H37N5O2/c1-2-25-24(28-15-13-27(14-16-28)23(30)22-11-7-17-31-22)26-18-21-10-6-12-29(21)19-20-8-4-3-5-9-20/h3-5,8-9,21-22H,2,6-7,10-19H2,1H3,(H,25,26).